The van der Waals surface area contributed by atoms with E-state index in [-0.39, 0.29) is 5.78 Å². The van der Waals surface area contributed by atoms with Gasteiger partial charge in [-0.15, -0.1) is 0 Å². The summed E-state index contributed by atoms with van der Waals surface area (Å²) in [5, 5.41) is 12.6. The summed E-state index contributed by atoms with van der Waals surface area (Å²) < 4.78 is 0. The zero-order valence-electron chi connectivity index (χ0n) is 14.3. The molecule has 0 unspecified atom stereocenters. The van der Waals surface area contributed by atoms with Crippen LogP contribution < -0.4 is 5.32 Å². The topological polar surface area (TPSA) is 52.9 Å². The molecule has 3 aromatic rings. The van der Waals surface area contributed by atoms with Crippen LogP contribution in [0.5, 0.6) is 0 Å². The molecule has 128 valence electrons. The van der Waals surface area contributed by atoms with Crippen LogP contribution in [0.2, 0.25) is 5.02 Å². The molecule has 0 saturated heterocycles. The van der Waals surface area contributed by atoms with E-state index >= 15 is 0 Å². The van der Waals surface area contributed by atoms with Gasteiger partial charge in [0.2, 0.25) is 0 Å². The number of carbonyl (C=O) groups excluding carboxylic acids is 1. The highest BCUT2D eigenvalue weighted by molar-refractivity contribution is 6.35. The van der Waals surface area contributed by atoms with Crippen molar-refractivity contribution in [2.75, 3.05) is 5.32 Å². The lowest BCUT2D eigenvalue weighted by molar-refractivity contribution is 0.103. The highest BCUT2D eigenvalue weighted by Gasteiger charge is 2.16. The molecule has 0 aromatic heterocycles. The molecule has 3 rings (SSSR count). The molecular weight excluding hydrogens is 344 g/mol. The molecule has 0 atom stereocenters. The van der Waals surface area contributed by atoms with Crippen molar-refractivity contribution in [2.45, 2.75) is 13.5 Å². The Morgan fingerprint density at radius 3 is 2.46 bits per heavy atom. The van der Waals surface area contributed by atoms with E-state index in [2.05, 4.69) is 11.4 Å². The third kappa shape index (κ3) is 3.93. The summed E-state index contributed by atoms with van der Waals surface area (Å²) in [6.07, 6.45) is 0. The fourth-order valence-corrected chi connectivity index (χ4v) is 2.91. The Labute approximate surface area is 157 Å². The van der Waals surface area contributed by atoms with Crippen LogP contribution in [0.1, 0.15) is 32.6 Å². The molecule has 0 amide bonds. The molecular formula is C22H17ClN2O. The largest absolute Gasteiger partial charge is 0.380 e. The average molecular weight is 361 g/mol. The molecule has 0 aliphatic rings. The van der Waals surface area contributed by atoms with Crippen LogP contribution in [-0.2, 0) is 6.54 Å². The first-order valence-corrected chi connectivity index (χ1v) is 8.59. The Hall–Kier alpha value is -3.09. The van der Waals surface area contributed by atoms with Gasteiger partial charge in [-0.05, 0) is 48.9 Å². The van der Waals surface area contributed by atoms with E-state index in [4.69, 9.17) is 16.9 Å². The van der Waals surface area contributed by atoms with E-state index < -0.39 is 0 Å². The number of ketones is 1. The second-order valence-corrected chi connectivity index (χ2v) is 6.43. The van der Waals surface area contributed by atoms with Crippen LogP contribution in [0.15, 0.2) is 66.7 Å². The van der Waals surface area contributed by atoms with Crippen LogP contribution in [0.3, 0.4) is 0 Å². The maximum atomic E-state index is 13.0. The number of rotatable bonds is 5. The Kier molecular flexibility index (Phi) is 5.36. The van der Waals surface area contributed by atoms with Crippen molar-refractivity contribution >= 4 is 23.1 Å². The fourth-order valence-electron chi connectivity index (χ4n) is 2.68. The number of nitrogens with one attached hydrogen (secondary N) is 1. The van der Waals surface area contributed by atoms with Crippen molar-refractivity contribution in [3.05, 3.63) is 99.6 Å². The zero-order chi connectivity index (χ0) is 18.5. The molecule has 1 N–H and O–H groups in total. The van der Waals surface area contributed by atoms with Gasteiger partial charge in [0, 0.05) is 23.4 Å². The number of carbonyl (C=O) groups is 1. The predicted octanol–water partition coefficient (Wildman–Crippen LogP) is 5.36. The minimum Gasteiger partial charge on any atom is -0.380 e. The van der Waals surface area contributed by atoms with Gasteiger partial charge in [-0.1, -0.05) is 47.5 Å². The summed E-state index contributed by atoms with van der Waals surface area (Å²) in [4.78, 5) is 13.0. The van der Waals surface area contributed by atoms with Crippen LogP contribution in [0.4, 0.5) is 5.69 Å². The molecule has 0 heterocycles. The number of benzene rings is 3. The van der Waals surface area contributed by atoms with Crippen molar-refractivity contribution < 1.29 is 4.79 Å². The number of nitrogens with zero attached hydrogens (tertiary/aromatic N) is 1. The van der Waals surface area contributed by atoms with Gasteiger partial charge in [0.25, 0.3) is 0 Å². The summed E-state index contributed by atoms with van der Waals surface area (Å²) in [5.74, 6) is -0.110. The molecule has 0 saturated carbocycles. The van der Waals surface area contributed by atoms with E-state index in [0.717, 1.165) is 16.8 Å². The summed E-state index contributed by atoms with van der Waals surface area (Å²) in [7, 11) is 0. The highest BCUT2D eigenvalue weighted by atomic mass is 35.5. The van der Waals surface area contributed by atoms with Gasteiger partial charge in [0.05, 0.1) is 16.7 Å². The number of hydrogen-bond acceptors (Lipinski definition) is 3. The number of nitriles is 1. The van der Waals surface area contributed by atoms with Crippen molar-refractivity contribution in [2.24, 2.45) is 0 Å². The number of anilines is 1. The van der Waals surface area contributed by atoms with Crippen molar-refractivity contribution in [3.8, 4) is 6.07 Å². The third-order valence-corrected chi connectivity index (χ3v) is 4.43. The monoisotopic (exact) mass is 360 g/mol. The van der Waals surface area contributed by atoms with E-state index in [0.29, 0.717) is 28.3 Å². The lowest BCUT2D eigenvalue weighted by Gasteiger charge is -2.13. The first-order valence-electron chi connectivity index (χ1n) is 8.21. The molecule has 0 spiro atoms. The van der Waals surface area contributed by atoms with Crippen LogP contribution in [-0.4, -0.2) is 5.78 Å². The number of aryl methyl sites for hydroxylation is 1. The minimum absolute atomic E-state index is 0.110. The van der Waals surface area contributed by atoms with Gasteiger partial charge < -0.3 is 5.32 Å². The fraction of sp³-hybridized carbons (Fsp3) is 0.0909. The summed E-state index contributed by atoms with van der Waals surface area (Å²) >= 11 is 6.20. The molecule has 3 aromatic carbocycles. The molecule has 0 aliphatic heterocycles. The van der Waals surface area contributed by atoms with Gasteiger partial charge in [-0.2, -0.15) is 5.26 Å². The van der Waals surface area contributed by atoms with Gasteiger partial charge in [0.15, 0.2) is 5.78 Å². The Morgan fingerprint density at radius 2 is 1.77 bits per heavy atom. The third-order valence-electron chi connectivity index (χ3n) is 4.10. The predicted molar refractivity (Wildman–Crippen MR) is 105 cm³/mol. The molecule has 0 aliphatic carbocycles. The minimum atomic E-state index is -0.110. The van der Waals surface area contributed by atoms with Gasteiger partial charge in [-0.3, -0.25) is 4.79 Å². The van der Waals surface area contributed by atoms with Crippen LogP contribution in [0, 0.1) is 18.3 Å². The first kappa shape index (κ1) is 17.7. The quantitative estimate of drug-likeness (QED) is 0.623. The molecule has 26 heavy (non-hydrogen) atoms. The normalized spacial score (nSPS) is 10.2. The van der Waals surface area contributed by atoms with E-state index in [1.165, 1.54) is 0 Å². The second kappa shape index (κ2) is 7.86. The number of halogens is 1. The highest BCUT2D eigenvalue weighted by Crippen LogP contribution is 2.25. The first-order chi connectivity index (χ1) is 12.6. The maximum absolute atomic E-state index is 13.0. The summed E-state index contributed by atoms with van der Waals surface area (Å²) in [6, 6.07) is 22.3. The molecule has 3 nitrogen and oxygen atoms in total. The zero-order valence-corrected chi connectivity index (χ0v) is 15.0. The van der Waals surface area contributed by atoms with Gasteiger partial charge in [0.1, 0.15) is 0 Å². The lowest BCUT2D eigenvalue weighted by atomic mass is 9.99. The summed E-state index contributed by atoms with van der Waals surface area (Å²) in [6.45, 7) is 2.51. The Bertz CT molecular complexity index is 988. The number of hydrogen-bond donors (Lipinski definition) is 1. The summed E-state index contributed by atoms with van der Waals surface area (Å²) in [5.41, 5.74) is 4.49. The molecule has 0 bridgehead atoms. The maximum Gasteiger partial charge on any atom is 0.196 e. The van der Waals surface area contributed by atoms with Crippen LogP contribution in [0.25, 0.3) is 0 Å². The van der Waals surface area contributed by atoms with E-state index in [1.54, 1.807) is 36.4 Å². The Morgan fingerprint density at radius 1 is 1.04 bits per heavy atom. The average Bonchev–Trinajstić information content (AvgIpc) is 2.67. The smallest absolute Gasteiger partial charge is 0.196 e. The van der Waals surface area contributed by atoms with Gasteiger partial charge >= 0.3 is 0 Å². The van der Waals surface area contributed by atoms with Crippen molar-refractivity contribution in [3.63, 3.8) is 0 Å². The Balaban J connectivity index is 1.87. The lowest BCUT2D eigenvalue weighted by Crippen LogP contribution is -2.09. The van der Waals surface area contributed by atoms with Crippen molar-refractivity contribution in [1.82, 2.24) is 0 Å². The van der Waals surface area contributed by atoms with E-state index in [1.807, 2.05) is 37.3 Å². The van der Waals surface area contributed by atoms with E-state index in [9.17, 15) is 4.79 Å². The second-order valence-electron chi connectivity index (χ2n) is 6.02. The molecule has 0 radical (unpaired) electrons. The molecule has 0 fully saturated rings. The van der Waals surface area contributed by atoms with Gasteiger partial charge in [-0.25, -0.2) is 0 Å². The standard InChI is InChI=1S/C22H17ClN2O/c1-15-6-11-21(25-14-17-9-7-16(13-24)8-10-17)19(12-15)22(26)18-4-2-3-5-20(18)23/h2-12,25H,14H2,1H3. The van der Waals surface area contributed by atoms with Crippen LogP contribution >= 0.6 is 11.6 Å². The van der Waals surface area contributed by atoms with Crippen molar-refractivity contribution in [1.29, 1.82) is 5.26 Å². The SMILES string of the molecule is Cc1ccc(NCc2ccc(C#N)cc2)c(C(=O)c2ccccc2Cl)c1. The molecule has 4 heteroatoms.